The molecule has 1 fully saturated rings. The Bertz CT molecular complexity index is 1950. The molecule has 2 unspecified atom stereocenters. The Morgan fingerprint density at radius 2 is 1.63 bits per heavy atom. The van der Waals surface area contributed by atoms with E-state index < -0.39 is 29.4 Å². The topological polar surface area (TPSA) is 63.2 Å². The third kappa shape index (κ3) is 8.30. The zero-order valence-electron chi connectivity index (χ0n) is 28.2. The molecule has 0 spiro atoms. The summed E-state index contributed by atoms with van der Waals surface area (Å²) in [7, 11) is 1.98. The second kappa shape index (κ2) is 14.3. The number of halogens is 6. The normalized spacial score (nSPS) is 19.5. The van der Waals surface area contributed by atoms with Gasteiger partial charge in [-0.3, -0.25) is 14.7 Å². The first-order valence-electron chi connectivity index (χ1n) is 16.4. The number of amidine groups is 1. The highest BCUT2D eigenvalue weighted by Crippen LogP contribution is 2.35. The number of nitrogens with one attached hydrogen (secondary N) is 2. The quantitative estimate of drug-likeness (QED) is 0.207. The monoisotopic (exact) mass is 706 g/mol. The third-order valence-electron chi connectivity index (χ3n) is 9.09. The van der Waals surface area contributed by atoms with Crippen LogP contribution in [0.2, 0.25) is 0 Å². The maximum Gasteiger partial charge on any atom is 0.416 e. The molecular formula is C38H36F6N6O. The Kier molecular flexibility index (Phi) is 10.0. The Labute approximate surface area is 292 Å². The number of anilines is 2. The second-order valence-electron chi connectivity index (χ2n) is 12.9. The van der Waals surface area contributed by atoms with E-state index in [1.54, 1.807) is 30.4 Å². The average molecular weight is 707 g/mol. The number of aryl methyl sites for hydroxylation is 1. The first kappa shape index (κ1) is 35.8. The molecule has 0 aromatic heterocycles. The van der Waals surface area contributed by atoms with Gasteiger partial charge in [0.05, 0.1) is 22.9 Å². The van der Waals surface area contributed by atoms with Gasteiger partial charge in [-0.1, -0.05) is 24.0 Å². The zero-order chi connectivity index (χ0) is 36.5. The van der Waals surface area contributed by atoms with E-state index in [1.807, 2.05) is 36.9 Å². The van der Waals surface area contributed by atoms with Crippen LogP contribution in [-0.2, 0) is 18.9 Å². The van der Waals surface area contributed by atoms with Crippen LogP contribution in [0.4, 0.5) is 37.7 Å². The fraction of sp³-hybridized carbons (Fsp3) is 0.316. The van der Waals surface area contributed by atoms with E-state index in [-0.39, 0.29) is 35.4 Å². The van der Waals surface area contributed by atoms with Crippen LogP contribution in [0.3, 0.4) is 0 Å². The van der Waals surface area contributed by atoms with Gasteiger partial charge in [-0.15, -0.1) is 0 Å². The first-order chi connectivity index (χ1) is 24.2. The average Bonchev–Trinajstić information content (AvgIpc) is 3.41. The fourth-order valence-corrected chi connectivity index (χ4v) is 6.11. The highest BCUT2D eigenvalue weighted by molar-refractivity contribution is 6.05. The van der Waals surface area contributed by atoms with Gasteiger partial charge in [0.1, 0.15) is 6.04 Å². The molecule has 2 N–H and O–H groups in total. The smallest absolute Gasteiger partial charge is 0.353 e. The molecule has 2 atom stereocenters. The highest BCUT2D eigenvalue weighted by Gasteiger charge is 2.36. The maximum atomic E-state index is 14.1. The molecule has 3 aliphatic heterocycles. The molecule has 3 heterocycles. The third-order valence-corrected chi connectivity index (χ3v) is 9.09. The number of benzene rings is 3. The summed E-state index contributed by atoms with van der Waals surface area (Å²) in [5.74, 6) is 6.42. The van der Waals surface area contributed by atoms with Crippen molar-refractivity contribution in [2.45, 2.75) is 44.8 Å². The number of amides is 1. The predicted octanol–water partition coefficient (Wildman–Crippen LogP) is 7.38. The Hall–Kier alpha value is -5.06. The lowest BCUT2D eigenvalue weighted by Crippen LogP contribution is -2.44. The summed E-state index contributed by atoms with van der Waals surface area (Å²) in [6.45, 7) is 6.83. The molecule has 0 saturated carbocycles. The fourth-order valence-electron chi connectivity index (χ4n) is 6.11. The van der Waals surface area contributed by atoms with E-state index in [0.29, 0.717) is 35.9 Å². The number of likely N-dealkylation sites (N-methyl/N-ethyl adjacent to an activating group) is 1. The van der Waals surface area contributed by atoms with Crippen molar-refractivity contribution in [1.82, 2.24) is 14.7 Å². The van der Waals surface area contributed by atoms with Crippen molar-refractivity contribution in [3.05, 3.63) is 118 Å². The van der Waals surface area contributed by atoms with Crippen LogP contribution in [0.5, 0.6) is 0 Å². The lowest BCUT2D eigenvalue weighted by Gasteiger charge is -2.33. The zero-order valence-corrected chi connectivity index (χ0v) is 28.2. The molecule has 6 rings (SSSR count). The summed E-state index contributed by atoms with van der Waals surface area (Å²) in [5, 5.41) is 5.76. The van der Waals surface area contributed by atoms with Crippen LogP contribution in [0.25, 0.3) is 0 Å². The number of nitrogens with zero attached hydrogens (tertiary/aromatic N) is 4. The summed E-state index contributed by atoms with van der Waals surface area (Å²) < 4.78 is 81.3. The van der Waals surface area contributed by atoms with Crippen molar-refractivity contribution in [3.63, 3.8) is 0 Å². The minimum Gasteiger partial charge on any atom is -0.353 e. The molecule has 0 aliphatic carbocycles. The number of alkyl halides is 6. The lowest BCUT2D eigenvalue weighted by molar-refractivity contribution is -0.139. The molecule has 266 valence electrons. The molecule has 1 amide bonds. The van der Waals surface area contributed by atoms with Gasteiger partial charge in [0.2, 0.25) is 0 Å². The number of aliphatic imine (C=N–C) groups is 1. The minimum atomic E-state index is -4.59. The van der Waals surface area contributed by atoms with Crippen molar-refractivity contribution in [1.29, 1.82) is 0 Å². The number of carbonyl (C=O) groups excluding carboxylic acids is 1. The van der Waals surface area contributed by atoms with Crippen molar-refractivity contribution in [2.75, 3.05) is 43.9 Å². The van der Waals surface area contributed by atoms with Gasteiger partial charge in [0.15, 0.2) is 5.84 Å². The number of allylic oxidation sites excluding steroid dienone is 2. The minimum absolute atomic E-state index is 0.0396. The van der Waals surface area contributed by atoms with Gasteiger partial charge < -0.3 is 20.4 Å². The van der Waals surface area contributed by atoms with E-state index >= 15 is 0 Å². The number of hydrogen-bond acceptors (Lipinski definition) is 6. The van der Waals surface area contributed by atoms with E-state index in [9.17, 15) is 31.1 Å². The van der Waals surface area contributed by atoms with Crippen LogP contribution in [0.1, 0.15) is 45.1 Å². The predicted molar refractivity (Wildman–Crippen MR) is 185 cm³/mol. The van der Waals surface area contributed by atoms with Crippen LogP contribution in [-0.4, -0.2) is 71.8 Å². The van der Waals surface area contributed by atoms with Crippen molar-refractivity contribution >= 4 is 23.1 Å². The van der Waals surface area contributed by atoms with Crippen molar-refractivity contribution < 1.29 is 31.1 Å². The largest absolute Gasteiger partial charge is 0.416 e. The summed E-state index contributed by atoms with van der Waals surface area (Å²) >= 11 is 0. The summed E-state index contributed by atoms with van der Waals surface area (Å²) in [4.78, 5) is 24.0. The van der Waals surface area contributed by atoms with Crippen molar-refractivity contribution in [3.8, 4) is 11.8 Å². The standard InChI is InChI=1S/C38H36F6N6O/c1-24-6-7-27(36(51)47-31-12-8-28(32(22-31)38(42,43)44)23-49-19-17-48(3)18-20-49)21-26(24)9-15-34-25(2)45-35-33(5-4-16-50(34)35)46-30-13-10-29(11-14-30)37(39,40)41/h4-8,10-14,16,21-22,25,34,46H,17-20,23H2,1-3H3,(H,47,51). The number of piperazine rings is 1. The lowest BCUT2D eigenvalue weighted by atomic mass is 10.0. The molecule has 3 aromatic carbocycles. The maximum absolute atomic E-state index is 14.1. The highest BCUT2D eigenvalue weighted by atomic mass is 19.4. The molecule has 3 aliphatic rings. The van der Waals surface area contributed by atoms with Crippen molar-refractivity contribution in [2.24, 2.45) is 4.99 Å². The number of carbonyl (C=O) groups is 1. The Morgan fingerprint density at radius 3 is 2.31 bits per heavy atom. The first-order valence-corrected chi connectivity index (χ1v) is 16.4. The van der Waals surface area contributed by atoms with E-state index in [0.717, 1.165) is 36.9 Å². The van der Waals surface area contributed by atoms with E-state index in [1.165, 1.54) is 24.3 Å². The molecule has 1 saturated heterocycles. The van der Waals surface area contributed by atoms with Gasteiger partial charge >= 0.3 is 12.4 Å². The molecule has 51 heavy (non-hydrogen) atoms. The van der Waals surface area contributed by atoms with E-state index in [2.05, 4.69) is 27.4 Å². The molecule has 13 heteroatoms. The number of hydrogen-bond donors (Lipinski definition) is 2. The van der Waals surface area contributed by atoms with E-state index in [4.69, 9.17) is 4.99 Å². The van der Waals surface area contributed by atoms with Gasteiger partial charge in [0.25, 0.3) is 5.91 Å². The Balaban J connectivity index is 1.15. The summed E-state index contributed by atoms with van der Waals surface area (Å²) in [6, 6.07) is 12.9. The number of rotatable bonds is 6. The van der Waals surface area contributed by atoms with Gasteiger partial charge in [-0.05, 0) is 92.7 Å². The second-order valence-corrected chi connectivity index (χ2v) is 12.9. The van der Waals surface area contributed by atoms with Crippen LogP contribution < -0.4 is 10.6 Å². The molecule has 0 bridgehead atoms. The van der Waals surface area contributed by atoms with Crippen LogP contribution >= 0.6 is 0 Å². The molecule has 0 radical (unpaired) electrons. The molecular weight excluding hydrogens is 670 g/mol. The molecule has 7 nitrogen and oxygen atoms in total. The SMILES string of the molecule is Cc1ccc(C(=O)Nc2ccc(CN3CCN(C)CC3)c(C(F)(F)F)c2)cc1C#CC1C(C)N=C2C(Nc3ccc(C(F)(F)F)cc3)=CC=CN21. The summed E-state index contributed by atoms with van der Waals surface area (Å²) in [6.07, 6.45) is -3.63. The number of fused-ring (bicyclic) bond motifs is 1. The van der Waals surface area contributed by atoms with Gasteiger partial charge in [-0.25, -0.2) is 0 Å². The van der Waals surface area contributed by atoms with Crippen LogP contribution in [0, 0.1) is 18.8 Å². The van der Waals surface area contributed by atoms with Gasteiger partial charge in [0, 0.05) is 61.4 Å². The Morgan fingerprint density at radius 1 is 0.922 bits per heavy atom. The summed E-state index contributed by atoms with van der Waals surface area (Å²) in [5.41, 5.74) is 1.36. The van der Waals surface area contributed by atoms with Crippen LogP contribution in [0.15, 0.2) is 89.7 Å². The molecule has 3 aromatic rings. The van der Waals surface area contributed by atoms with Gasteiger partial charge in [-0.2, -0.15) is 26.3 Å².